The minimum Gasteiger partial charge on any atom is -0.397 e. The first-order valence-corrected chi connectivity index (χ1v) is 6.22. The predicted octanol–water partition coefficient (Wildman–Crippen LogP) is 3.69. The summed E-state index contributed by atoms with van der Waals surface area (Å²) in [5.41, 5.74) is 7.27. The van der Waals surface area contributed by atoms with E-state index in [2.05, 4.69) is 26.2 Å². The first-order chi connectivity index (χ1) is 8.16. The van der Waals surface area contributed by atoms with Gasteiger partial charge in [-0.05, 0) is 33.6 Å². The second-order valence-corrected chi connectivity index (χ2v) is 4.81. The highest BCUT2D eigenvalue weighted by Crippen LogP contribution is 2.23. The molecule has 1 aromatic heterocycles. The Morgan fingerprint density at radius 1 is 1.35 bits per heavy atom. The third-order valence-electron chi connectivity index (χ3n) is 2.27. The Hall–Kier alpha value is -1.26. The number of rotatable bonds is 3. The number of hydrogen-bond donors (Lipinski definition) is 2. The molecule has 2 rings (SSSR count). The molecule has 5 heteroatoms. The Balaban J connectivity index is 2.10. The van der Waals surface area contributed by atoms with Crippen molar-refractivity contribution in [3.63, 3.8) is 0 Å². The van der Waals surface area contributed by atoms with Crippen LogP contribution in [0.3, 0.4) is 0 Å². The Morgan fingerprint density at radius 2 is 2.12 bits per heavy atom. The molecule has 0 spiro atoms. The highest BCUT2D eigenvalue weighted by molar-refractivity contribution is 9.10. The molecule has 0 fully saturated rings. The zero-order chi connectivity index (χ0) is 12.3. The summed E-state index contributed by atoms with van der Waals surface area (Å²) in [6.45, 7) is 0.620. The SMILES string of the molecule is Nc1cnc(NCc2ccccc2Cl)c(Br)c1. The van der Waals surface area contributed by atoms with Crippen LogP contribution in [0, 0.1) is 0 Å². The number of benzene rings is 1. The Kier molecular flexibility index (Phi) is 3.86. The highest BCUT2D eigenvalue weighted by atomic mass is 79.9. The third-order valence-corrected chi connectivity index (χ3v) is 3.24. The Labute approximate surface area is 113 Å². The predicted molar refractivity (Wildman–Crippen MR) is 75.1 cm³/mol. The van der Waals surface area contributed by atoms with Gasteiger partial charge in [-0.1, -0.05) is 29.8 Å². The minimum atomic E-state index is 0.620. The molecule has 0 amide bonds. The van der Waals surface area contributed by atoms with Gasteiger partial charge in [-0.25, -0.2) is 4.98 Å². The molecule has 0 aliphatic rings. The second kappa shape index (κ2) is 5.38. The maximum Gasteiger partial charge on any atom is 0.140 e. The molecule has 1 heterocycles. The van der Waals surface area contributed by atoms with E-state index in [0.717, 1.165) is 20.9 Å². The van der Waals surface area contributed by atoms with E-state index in [-0.39, 0.29) is 0 Å². The van der Waals surface area contributed by atoms with E-state index in [4.69, 9.17) is 17.3 Å². The van der Waals surface area contributed by atoms with E-state index in [9.17, 15) is 0 Å². The summed E-state index contributed by atoms with van der Waals surface area (Å²) in [5, 5.41) is 3.94. The van der Waals surface area contributed by atoms with Gasteiger partial charge in [0, 0.05) is 11.6 Å². The Bertz CT molecular complexity index is 531. The van der Waals surface area contributed by atoms with E-state index >= 15 is 0 Å². The number of nitrogens with one attached hydrogen (secondary N) is 1. The van der Waals surface area contributed by atoms with Gasteiger partial charge < -0.3 is 11.1 Å². The van der Waals surface area contributed by atoms with Gasteiger partial charge in [-0.3, -0.25) is 0 Å². The molecule has 2 aromatic rings. The monoisotopic (exact) mass is 311 g/mol. The van der Waals surface area contributed by atoms with Crippen molar-refractivity contribution in [2.75, 3.05) is 11.1 Å². The number of nitrogens with zero attached hydrogens (tertiary/aromatic N) is 1. The van der Waals surface area contributed by atoms with Crippen LogP contribution in [-0.4, -0.2) is 4.98 Å². The number of aromatic nitrogens is 1. The molecule has 17 heavy (non-hydrogen) atoms. The van der Waals surface area contributed by atoms with Crippen LogP contribution in [0.1, 0.15) is 5.56 Å². The van der Waals surface area contributed by atoms with Gasteiger partial charge in [0.25, 0.3) is 0 Å². The van der Waals surface area contributed by atoms with Gasteiger partial charge in [0.15, 0.2) is 0 Å². The first kappa shape index (κ1) is 12.2. The van der Waals surface area contributed by atoms with Crippen LogP contribution in [-0.2, 0) is 6.54 Å². The van der Waals surface area contributed by atoms with Crippen molar-refractivity contribution in [3.05, 3.63) is 51.6 Å². The van der Waals surface area contributed by atoms with Crippen LogP contribution in [0.5, 0.6) is 0 Å². The minimum absolute atomic E-state index is 0.620. The first-order valence-electron chi connectivity index (χ1n) is 5.05. The topological polar surface area (TPSA) is 50.9 Å². The van der Waals surface area contributed by atoms with Crippen LogP contribution in [0.2, 0.25) is 5.02 Å². The van der Waals surface area contributed by atoms with Gasteiger partial charge in [0.05, 0.1) is 16.4 Å². The van der Waals surface area contributed by atoms with Crippen molar-refractivity contribution in [3.8, 4) is 0 Å². The van der Waals surface area contributed by atoms with Crippen molar-refractivity contribution >= 4 is 39.0 Å². The van der Waals surface area contributed by atoms with E-state index in [0.29, 0.717) is 12.2 Å². The molecular formula is C12H11BrClN3. The third kappa shape index (κ3) is 3.11. The van der Waals surface area contributed by atoms with Crippen LogP contribution < -0.4 is 11.1 Å². The summed E-state index contributed by atoms with van der Waals surface area (Å²) in [6.07, 6.45) is 1.61. The van der Waals surface area contributed by atoms with Gasteiger partial charge in [0.2, 0.25) is 0 Å². The maximum atomic E-state index is 6.06. The van der Waals surface area contributed by atoms with Gasteiger partial charge in [-0.2, -0.15) is 0 Å². The molecule has 0 unspecified atom stereocenters. The fourth-order valence-corrected chi connectivity index (χ4v) is 2.11. The summed E-state index contributed by atoms with van der Waals surface area (Å²) < 4.78 is 0.838. The lowest BCUT2D eigenvalue weighted by Gasteiger charge is -2.09. The van der Waals surface area contributed by atoms with E-state index < -0.39 is 0 Å². The standard InChI is InChI=1S/C12H11BrClN3/c13-10-5-9(15)7-17-12(10)16-6-8-3-1-2-4-11(8)14/h1-5,7H,6,15H2,(H,16,17). The second-order valence-electron chi connectivity index (χ2n) is 3.54. The van der Waals surface area contributed by atoms with Crippen molar-refractivity contribution in [2.45, 2.75) is 6.54 Å². The van der Waals surface area contributed by atoms with Gasteiger partial charge in [-0.15, -0.1) is 0 Å². The quantitative estimate of drug-likeness (QED) is 0.908. The number of anilines is 2. The van der Waals surface area contributed by atoms with E-state index in [1.165, 1.54) is 0 Å². The van der Waals surface area contributed by atoms with Crippen molar-refractivity contribution in [1.29, 1.82) is 0 Å². The Morgan fingerprint density at radius 3 is 2.82 bits per heavy atom. The number of pyridine rings is 1. The highest BCUT2D eigenvalue weighted by Gasteiger charge is 2.03. The summed E-state index contributed by atoms with van der Waals surface area (Å²) >= 11 is 9.46. The maximum absolute atomic E-state index is 6.06. The van der Waals surface area contributed by atoms with E-state index in [1.807, 2.05) is 30.3 Å². The van der Waals surface area contributed by atoms with Gasteiger partial charge >= 0.3 is 0 Å². The van der Waals surface area contributed by atoms with Gasteiger partial charge in [0.1, 0.15) is 5.82 Å². The smallest absolute Gasteiger partial charge is 0.140 e. The number of nitrogen functional groups attached to an aromatic ring is 1. The van der Waals surface area contributed by atoms with Crippen LogP contribution in [0.4, 0.5) is 11.5 Å². The van der Waals surface area contributed by atoms with Crippen molar-refractivity contribution in [2.24, 2.45) is 0 Å². The summed E-state index contributed by atoms with van der Waals surface area (Å²) in [7, 11) is 0. The average molecular weight is 313 g/mol. The fourth-order valence-electron chi connectivity index (χ4n) is 1.40. The zero-order valence-corrected chi connectivity index (χ0v) is 11.3. The van der Waals surface area contributed by atoms with Crippen LogP contribution in [0.15, 0.2) is 41.0 Å². The lowest BCUT2D eigenvalue weighted by Crippen LogP contribution is -2.03. The lowest BCUT2D eigenvalue weighted by molar-refractivity contribution is 1.11. The molecule has 3 nitrogen and oxygen atoms in total. The molecule has 0 saturated heterocycles. The van der Waals surface area contributed by atoms with Crippen LogP contribution in [0.25, 0.3) is 0 Å². The fraction of sp³-hybridized carbons (Fsp3) is 0.0833. The summed E-state index contributed by atoms with van der Waals surface area (Å²) in [5.74, 6) is 0.749. The largest absolute Gasteiger partial charge is 0.397 e. The molecule has 0 radical (unpaired) electrons. The lowest BCUT2D eigenvalue weighted by atomic mass is 10.2. The molecule has 1 aromatic carbocycles. The number of nitrogens with two attached hydrogens (primary N) is 1. The summed E-state index contributed by atoms with van der Waals surface area (Å²) in [6, 6.07) is 9.50. The molecule has 0 bridgehead atoms. The van der Waals surface area contributed by atoms with Crippen molar-refractivity contribution < 1.29 is 0 Å². The molecule has 0 aliphatic heterocycles. The van der Waals surface area contributed by atoms with Crippen molar-refractivity contribution in [1.82, 2.24) is 4.98 Å². The molecule has 0 aliphatic carbocycles. The van der Waals surface area contributed by atoms with E-state index in [1.54, 1.807) is 6.20 Å². The summed E-state index contributed by atoms with van der Waals surface area (Å²) in [4.78, 5) is 4.20. The molecule has 0 saturated carbocycles. The molecule has 0 atom stereocenters. The van der Waals surface area contributed by atoms with Crippen LogP contribution >= 0.6 is 27.5 Å². The number of halogens is 2. The number of hydrogen-bond acceptors (Lipinski definition) is 3. The molecule has 3 N–H and O–H groups in total. The molecular weight excluding hydrogens is 302 g/mol. The zero-order valence-electron chi connectivity index (χ0n) is 8.95. The normalized spacial score (nSPS) is 10.2. The molecule has 88 valence electrons. The average Bonchev–Trinajstić information content (AvgIpc) is 2.30.